The fourth-order valence-corrected chi connectivity index (χ4v) is 1.44. The molecule has 0 aromatic heterocycles. The number of amides is 1. The van der Waals surface area contributed by atoms with Crippen LogP contribution in [0.5, 0.6) is 0 Å². The summed E-state index contributed by atoms with van der Waals surface area (Å²) < 4.78 is 0. The number of carbonyl (C=O) groups excluding carboxylic acids is 1. The van der Waals surface area contributed by atoms with Crippen LogP contribution in [0.4, 0.5) is 0 Å². The maximum Gasteiger partial charge on any atom is 0.223 e. The van der Waals surface area contributed by atoms with E-state index in [4.69, 9.17) is 0 Å². The maximum atomic E-state index is 11.6. The number of aliphatic hydroxyl groups is 1. The predicted molar refractivity (Wildman–Crippen MR) is 63.9 cm³/mol. The number of hydrogen-bond acceptors (Lipinski definition) is 2. The van der Waals surface area contributed by atoms with E-state index < -0.39 is 6.10 Å². The van der Waals surface area contributed by atoms with Crippen LogP contribution in [-0.2, 0) is 4.79 Å². The molecule has 1 amide bonds. The van der Waals surface area contributed by atoms with E-state index in [1.165, 1.54) is 0 Å². The van der Waals surface area contributed by atoms with Crippen LogP contribution < -0.4 is 5.32 Å². The molecule has 0 aliphatic carbocycles. The Morgan fingerprint density at radius 3 is 2.38 bits per heavy atom. The largest absolute Gasteiger partial charge is 0.388 e. The summed E-state index contributed by atoms with van der Waals surface area (Å²) in [5.74, 6) is -0.135. The molecule has 1 aromatic carbocycles. The normalized spacial score (nSPS) is 13.2. The van der Waals surface area contributed by atoms with Crippen LogP contribution in [0.25, 0.3) is 0 Å². The smallest absolute Gasteiger partial charge is 0.223 e. The second-order valence-electron chi connectivity index (χ2n) is 4.93. The van der Waals surface area contributed by atoms with Crippen molar-refractivity contribution in [1.29, 1.82) is 0 Å². The maximum absolute atomic E-state index is 11.6. The molecule has 1 rings (SSSR count). The monoisotopic (exact) mass is 221 g/mol. The van der Waals surface area contributed by atoms with Crippen LogP contribution >= 0.6 is 0 Å². The van der Waals surface area contributed by atoms with Crippen LogP contribution in [0.15, 0.2) is 30.3 Å². The van der Waals surface area contributed by atoms with Crippen LogP contribution in [0.3, 0.4) is 0 Å². The molecule has 3 heteroatoms. The van der Waals surface area contributed by atoms with E-state index >= 15 is 0 Å². The molecule has 0 aliphatic heterocycles. The van der Waals surface area contributed by atoms with E-state index in [9.17, 15) is 9.90 Å². The lowest BCUT2D eigenvalue weighted by atomic mass is 10.0. The van der Waals surface area contributed by atoms with Crippen molar-refractivity contribution in [2.24, 2.45) is 0 Å². The van der Waals surface area contributed by atoms with Gasteiger partial charge in [-0.15, -0.1) is 0 Å². The number of carbonyl (C=O) groups is 1. The van der Waals surface area contributed by atoms with E-state index in [2.05, 4.69) is 5.32 Å². The van der Waals surface area contributed by atoms with Crippen molar-refractivity contribution < 1.29 is 9.90 Å². The molecule has 0 spiro atoms. The Morgan fingerprint density at radius 1 is 1.31 bits per heavy atom. The molecular weight excluding hydrogens is 202 g/mol. The highest BCUT2D eigenvalue weighted by molar-refractivity contribution is 5.77. The van der Waals surface area contributed by atoms with Gasteiger partial charge in [-0.05, 0) is 26.3 Å². The average Bonchev–Trinajstić information content (AvgIpc) is 2.16. The molecule has 0 radical (unpaired) electrons. The Labute approximate surface area is 96.5 Å². The van der Waals surface area contributed by atoms with Crippen LogP contribution in [0, 0.1) is 0 Å². The van der Waals surface area contributed by atoms with Crippen molar-refractivity contribution in [3.05, 3.63) is 35.9 Å². The fraction of sp³-hybridized carbons (Fsp3) is 0.462. The third-order valence-corrected chi connectivity index (χ3v) is 2.08. The SMILES string of the molecule is CC(C)(C)NC(=O)CC(O)c1ccccc1. The van der Waals surface area contributed by atoms with Crippen molar-refractivity contribution in [3.8, 4) is 0 Å². The predicted octanol–water partition coefficient (Wildman–Crippen LogP) is 2.02. The summed E-state index contributed by atoms with van der Waals surface area (Å²) in [6, 6.07) is 9.20. The molecule has 2 N–H and O–H groups in total. The van der Waals surface area contributed by atoms with Crippen LogP contribution in [-0.4, -0.2) is 16.6 Å². The molecule has 1 atom stereocenters. The number of aliphatic hydroxyl groups excluding tert-OH is 1. The van der Waals surface area contributed by atoms with Gasteiger partial charge in [0.2, 0.25) is 5.91 Å². The first-order chi connectivity index (χ1) is 7.38. The molecule has 0 bridgehead atoms. The second-order valence-corrected chi connectivity index (χ2v) is 4.93. The fourth-order valence-electron chi connectivity index (χ4n) is 1.44. The minimum absolute atomic E-state index is 0.0985. The molecule has 0 aliphatic rings. The zero-order chi connectivity index (χ0) is 12.2. The van der Waals surface area contributed by atoms with Crippen molar-refractivity contribution >= 4 is 5.91 Å². The van der Waals surface area contributed by atoms with E-state index in [0.29, 0.717) is 0 Å². The van der Waals surface area contributed by atoms with Crippen molar-refractivity contribution in [3.63, 3.8) is 0 Å². The topological polar surface area (TPSA) is 49.3 Å². The van der Waals surface area contributed by atoms with Gasteiger partial charge in [0.05, 0.1) is 12.5 Å². The van der Waals surface area contributed by atoms with Crippen molar-refractivity contribution in [1.82, 2.24) is 5.32 Å². The summed E-state index contributed by atoms with van der Waals surface area (Å²) >= 11 is 0. The Balaban J connectivity index is 2.52. The highest BCUT2D eigenvalue weighted by Gasteiger charge is 2.17. The first-order valence-electron chi connectivity index (χ1n) is 5.42. The highest BCUT2D eigenvalue weighted by Crippen LogP contribution is 2.16. The highest BCUT2D eigenvalue weighted by atomic mass is 16.3. The Hall–Kier alpha value is -1.35. The van der Waals surface area contributed by atoms with Crippen molar-refractivity contribution in [2.75, 3.05) is 0 Å². The molecule has 1 unspecified atom stereocenters. The molecule has 1 aromatic rings. The number of rotatable bonds is 3. The lowest BCUT2D eigenvalue weighted by Crippen LogP contribution is -2.41. The lowest BCUT2D eigenvalue weighted by Gasteiger charge is -2.21. The summed E-state index contributed by atoms with van der Waals surface area (Å²) in [7, 11) is 0. The van der Waals surface area contributed by atoms with Gasteiger partial charge in [0.15, 0.2) is 0 Å². The summed E-state index contributed by atoms with van der Waals surface area (Å²) in [5.41, 5.74) is 0.514. The quantitative estimate of drug-likeness (QED) is 0.820. The zero-order valence-electron chi connectivity index (χ0n) is 10.0. The van der Waals surface area contributed by atoms with Gasteiger partial charge in [0.1, 0.15) is 0 Å². The van der Waals surface area contributed by atoms with Gasteiger partial charge in [-0.3, -0.25) is 4.79 Å². The number of hydrogen-bond donors (Lipinski definition) is 2. The Kier molecular flexibility index (Phi) is 4.07. The van der Waals surface area contributed by atoms with E-state index in [-0.39, 0.29) is 17.9 Å². The molecule has 88 valence electrons. The Bertz CT molecular complexity index is 341. The van der Waals surface area contributed by atoms with Crippen LogP contribution in [0.1, 0.15) is 38.9 Å². The third-order valence-electron chi connectivity index (χ3n) is 2.08. The van der Waals surface area contributed by atoms with Gasteiger partial charge >= 0.3 is 0 Å². The second kappa shape index (κ2) is 5.12. The van der Waals surface area contributed by atoms with Gasteiger partial charge in [-0.25, -0.2) is 0 Å². The molecule has 0 saturated carbocycles. The third kappa shape index (κ3) is 4.45. The molecule has 0 saturated heterocycles. The van der Waals surface area contributed by atoms with Gasteiger partial charge in [0, 0.05) is 5.54 Å². The van der Waals surface area contributed by atoms with E-state index in [0.717, 1.165) is 5.56 Å². The molecule has 0 heterocycles. The first-order valence-corrected chi connectivity index (χ1v) is 5.42. The zero-order valence-corrected chi connectivity index (χ0v) is 10.0. The van der Waals surface area contributed by atoms with Gasteiger partial charge in [-0.1, -0.05) is 30.3 Å². The standard InChI is InChI=1S/C13H19NO2/c1-13(2,3)14-12(16)9-11(15)10-7-5-4-6-8-10/h4-8,11,15H,9H2,1-3H3,(H,14,16). The number of benzene rings is 1. The van der Waals surface area contributed by atoms with Gasteiger partial charge < -0.3 is 10.4 Å². The average molecular weight is 221 g/mol. The van der Waals surface area contributed by atoms with Crippen molar-refractivity contribution in [2.45, 2.75) is 38.8 Å². The Morgan fingerprint density at radius 2 is 1.88 bits per heavy atom. The van der Waals surface area contributed by atoms with Gasteiger partial charge in [0.25, 0.3) is 0 Å². The molecule has 3 nitrogen and oxygen atoms in total. The molecule has 0 fully saturated rings. The van der Waals surface area contributed by atoms with E-state index in [1.54, 1.807) is 0 Å². The molecular formula is C13H19NO2. The summed E-state index contributed by atoms with van der Waals surface area (Å²) in [4.78, 5) is 11.6. The summed E-state index contributed by atoms with van der Waals surface area (Å²) in [6.07, 6.45) is -0.634. The van der Waals surface area contributed by atoms with Gasteiger partial charge in [-0.2, -0.15) is 0 Å². The minimum atomic E-state index is -0.733. The number of nitrogens with one attached hydrogen (secondary N) is 1. The summed E-state index contributed by atoms with van der Waals surface area (Å²) in [5, 5.41) is 12.6. The van der Waals surface area contributed by atoms with E-state index in [1.807, 2.05) is 51.1 Å². The van der Waals surface area contributed by atoms with Crippen LogP contribution in [0.2, 0.25) is 0 Å². The minimum Gasteiger partial charge on any atom is -0.388 e. The first kappa shape index (κ1) is 12.7. The lowest BCUT2D eigenvalue weighted by molar-refractivity contribution is -0.124. The summed E-state index contributed by atoms with van der Waals surface area (Å²) in [6.45, 7) is 5.75. The molecule has 16 heavy (non-hydrogen) atoms.